The van der Waals surface area contributed by atoms with Crippen LogP contribution in [0.2, 0.25) is 0 Å². The van der Waals surface area contributed by atoms with Crippen LogP contribution in [0.15, 0.2) is 58.3 Å². The van der Waals surface area contributed by atoms with E-state index in [9.17, 15) is 28.4 Å². The highest BCUT2D eigenvalue weighted by Gasteiger charge is 2.64. The van der Waals surface area contributed by atoms with Gasteiger partial charge >= 0.3 is 5.97 Å². The van der Waals surface area contributed by atoms with Gasteiger partial charge in [-0.15, -0.1) is 16.4 Å². The number of hydrogen-bond acceptors (Lipinski definition) is 12. The number of sulfonamides is 1. The fourth-order valence-corrected chi connectivity index (χ4v) is 7.88. The van der Waals surface area contributed by atoms with Crippen molar-refractivity contribution >= 4 is 38.9 Å². The number of aromatic nitrogens is 1. The van der Waals surface area contributed by atoms with Crippen LogP contribution in [0.4, 0.5) is 5.69 Å². The molecule has 208 valence electrons. The van der Waals surface area contributed by atoms with Crippen LogP contribution in [0.5, 0.6) is 5.88 Å². The number of carbonyl (C=O) groups is 2. The molecule has 2 aliphatic rings. The third kappa shape index (κ3) is 4.14. The second-order valence-corrected chi connectivity index (χ2v) is 12.4. The van der Waals surface area contributed by atoms with Crippen molar-refractivity contribution in [3.63, 3.8) is 0 Å². The number of rotatable bonds is 7. The summed E-state index contributed by atoms with van der Waals surface area (Å²) in [5.74, 6) is -1.69. The van der Waals surface area contributed by atoms with Gasteiger partial charge in [-0.05, 0) is 41.8 Å². The van der Waals surface area contributed by atoms with E-state index >= 15 is 0 Å². The lowest BCUT2D eigenvalue weighted by Crippen LogP contribution is -2.58. The van der Waals surface area contributed by atoms with Crippen molar-refractivity contribution in [1.29, 1.82) is 5.26 Å². The Balaban J connectivity index is 1.87. The average molecular weight is 584 g/mol. The lowest BCUT2D eigenvalue weighted by molar-refractivity contribution is -0.185. The van der Waals surface area contributed by atoms with Crippen molar-refractivity contribution in [2.45, 2.75) is 28.3 Å². The van der Waals surface area contributed by atoms with E-state index in [0.717, 1.165) is 11.3 Å². The molecule has 14 heteroatoms. The van der Waals surface area contributed by atoms with Crippen molar-refractivity contribution in [2.75, 3.05) is 32.1 Å². The first kappa shape index (κ1) is 27.7. The molecule has 1 amide bonds. The summed E-state index contributed by atoms with van der Waals surface area (Å²) < 4.78 is 34.1. The molecule has 0 radical (unpaired) electrons. The van der Waals surface area contributed by atoms with Gasteiger partial charge < -0.3 is 14.7 Å². The van der Waals surface area contributed by atoms with Crippen molar-refractivity contribution in [3.8, 4) is 11.9 Å². The normalized spacial score (nSPS) is 22.8. The zero-order valence-corrected chi connectivity index (χ0v) is 23.3. The van der Waals surface area contributed by atoms with Gasteiger partial charge in [-0.1, -0.05) is 6.07 Å². The Kier molecular flexibility index (Phi) is 7.11. The molecule has 0 bridgehead atoms. The number of likely N-dealkylation sites (tertiary alicyclic amines) is 1. The quantitative estimate of drug-likeness (QED) is 0.402. The molecule has 5 rings (SSSR count). The number of ether oxygens (including phenoxy) is 1. The zero-order chi connectivity index (χ0) is 28.8. The Labute approximate surface area is 234 Å². The zero-order valence-electron chi connectivity index (χ0n) is 21.7. The number of methoxy groups -OCH3 is 1. The van der Waals surface area contributed by atoms with Gasteiger partial charge in [-0.3, -0.25) is 9.69 Å². The lowest BCUT2D eigenvalue weighted by atomic mass is 9.81. The molecule has 12 nitrogen and oxygen atoms in total. The number of carbonyl (C=O) groups excluding carboxylic acids is 2. The molecule has 40 heavy (non-hydrogen) atoms. The first-order valence-electron chi connectivity index (χ1n) is 12.1. The number of pyridine rings is 1. The summed E-state index contributed by atoms with van der Waals surface area (Å²) in [5, 5.41) is 23.3. The number of fused-ring (bicyclic) bond motifs is 1. The number of thiophene rings is 1. The van der Waals surface area contributed by atoms with E-state index in [-0.39, 0.29) is 45.4 Å². The lowest BCUT2D eigenvalue weighted by Gasteiger charge is -2.40. The van der Waals surface area contributed by atoms with Gasteiger partial charge in [0.15, 0.2) is 5.54 Å². The van der Waals surface area contributed by atoms with Gasteiger partial charge in [-0.2, -0.15) is 18.0 Å². The van der Waals surface area contributed by atoms with Crippen molar-refractivity contribution in [2.24, 2.45) is 0 Å². The molecular formula is C26H25N5O7S2. The number of aliphatic hydroxyl groups excluding tert-OH is 1. The second-order valence-electron chi connectivity index (χ2n) is 9.40. The van der Waals surface area contributed by atoms with Crippen LogP contribution >= 0.6 is 11.3 Å². The molecule has 2 aliphatic heterocycles. The number of nitrogens with zero attached hydrogens (tertiary/aromatic N) is 5. The van der Waals surface area contributed by atoms with Crippen LogP contribution in [0.1, 0.15) is 23.1 Å². The predicted octanol–water partition coefficient (Wildman–Crippen LogP) is 1.46. The number of amides is 1. The molecule has 2 aromatic heterocycles. The second kappa shape index (κ2) is 10.3. The standard InChI is InChI=1S/C26H25N5O7S2/c1-29(2)38-24(33)21-13-17(32)15-30(21)26(18-6-4-10-28-23(18)37-3)19-12-16(14-27)8-9-20(19)31(25(26)34)40(35,36)22-7-5-11-39-22/h4-12,17,21,32H,13,15H2,1-3H3/t17-,21+,26?/m1/s1. The van der Waals surface area contributed by atoms with Gasteiger partial charge in [-0.25, -0.2) is 9.78 Å². The van der Waals surface area contributed by atoms with Gasteiger partial charge in [0.05, 0.1) is 30.5 Å². The monoisotopic (exact) mass is 583 g/mol. The fraction of sp³-hybridized carbons (Fsp3) is 0.308. The smallest absolute Gasteiger partial charge is 0.342 e. The molecule has 1 fully saturated rings. The maximum Gasteiger partial charge on any atom is 0.342 e. The van der Waals surface area contributed by atoms with E-state index in [2.05, 4.69) is 4.98 Å². The summed E-state index contributed by atoms with van der Waals surface area (Å²) in [7, 11) is -0.0578. The molecule has 3 atom stereocenters. The van der Waals surface area contributed by atoms with Crippen LogP contribution in [0.3, 0.4) is 0 Å². The van der Waals surface area contributed by atoms with Gasteiger partial charge in [0.25, 0.3) is 15.9 Å². The number of aliphatic hydroxyl groups is 1. The molecule has 3 aromatic rings. The minimum Gasteiger partial charge on any atom is -0.481 e. The molecule has 4 heterocycles. The molecule has 1 N–H and O–H groups in total. The average Bonchev–Trinajstić information content (AvgIpc) is 3.65. The molecule has 1 aromatic carbocycles. The van der Waals surface area contributed by atoms with E-state index in [1.807, 2.05) is 6.07 Å². The first-order chi connectivity index (χ1) is 19.1. The van der Waals surface area contributed by atoms with Crippen molar-refractivity contribution < 1.29 is 32.7 Å². The Hall–Kier alpha value is -3.87. The third-order valence-corrected chi connectivity index (χ3v) is 9.90. The van der Waals surface area contributed by atoms with Crippen LogP contribution in [0.25, 0.3) is 0 Å². The topological polar surface area (TPSA) is 153 Å². The number of β-amino-alcohol motifs (C(OH)–C–C–N with tert-alkyl or cyclic N) is 1. The highest BCUT2D eigenvalue weighted by Crippen LogP contribution is 2.54. The largest absolute Gasteiger partial charge is 0.481 e. The number of benzene rings is 1. The van der Waals surface area contributed by atoms with E-state index < -0.39 is 39.6 Å². The maximum atomic E-state index is 14.9. The molecule has 1 saturated heterocycles. The van der Waals surface area contributed by atoms with Gasteiger partial charge in [0.1, 0.15) is 10.3 Å². The minimum absolute atomic E-state index is 0.000601. The fourth-order valence-electron chi connectivity index (χ4n) is 5.35. The molecule has 0 saturated carbocycles. The summed E-state index contributed by atoms with van der Waals surface area (Å²) in [6.07, 6.45) is 0.297. The predicted molar refractivity (Wildman–Crippen MR) is 143 cm³/mol. The number of hydrogen-bond donors (Lipinski definition) is 1. The van der Waals surface area contributed by atoms with Crippen LogP contribution < -0.4 is 9.04 Å². The Morgan fingerprint density at radius 2 is 2.02 bits per heavy atom. The Morgan fingerprint density at radius 1 is 1.25 bits per heavy atom. The van der Waals surface area contributed by atoms with Crippen LogP contribution in [-0.2, 0) is 30.0 Å². The highest BCUT2D eigenvalue weighted by atomic mass is 32.2. The summed E-state index contributed by atoms with van der Waals surface area (Å²) in [5.41, 5.74) is -1.62. The maximum absolute atomic E-state index is 14.9. The summed E-state index contributed by atoms with van der Waals surface area (Å²) >= 11 is 0.945. The minimum atomic E-state index is -4.43. The molecule has 0 spiro atoms. The van der Waals surface area contributed by atoms with Crippen molar-refractivity contribution in [3.05, 3.63) is 70.7 Å². The Morgan fingerprint density at radius 3 is 2.67 bits per heavy atom. The van der Waals surface area contributed by atoms with E-state index in [1.165, 1.54) is 61.6 Å². The first-order valence-corrected chi connectivity index (χ1v) is 14.4. The summed E-state index contributed by atoms with van der Waals surface area (Å²) in [6, 6.07) is 11.1. The SMILES string of the molecule is COc1ncccc1C1(N2C[C@H](O)C[C@H]2C(=O)ON(C)C)C(=O)N(S(=O)(=O)c2cccs2)c2ccc(C#N)cc21. The molecular weight excluding hydrogens is 558 g/mol. The van der Waals surface area contributed by atoms with Crippen LogP contribution in [-0.4, -0.2) is 80.2 Å². The van der Waals surface area contributed by atoms with E-state index in [4.69, 9.17) is 9.57 Å². The highest BCUT2D eigenvalue weighted by molar-refractivity contribution is 7.95. The third-order valence-electron chi connectivity index (χ3n) is 6.83. The van der Waals surface area contributed by atoms with E-state index in [1.54, 1.807) is 23.6 Å². The summed E-state index contributed by atoms with van der Waals surface area (Å²) in [4.78, 5) is 39.2. The van der Waals surface area contributed by atoms with Gasteiger partial charge in [0, 0.05) is 44.4 Å². The molecule has 1 unspecified atom stereocenters. The van der Waals surface area contributed by atoms with E-state index in [0.29, 0.717) is 4.31 Å². The number of anilines is 1. The Bertz CT molecular complexity index is 1620. The number of nitriles is 1. The van der Waals surface area contributed by atoms with Crippen molar-refractivity contribution in [1.82, 2.24) is 14.9 Å². The summed E-state index contributed by atoms with van der Waals surface area (Å²) in [6.45, 7) is -0.194. The van der Waals surface area contributed by atoms with Gasteiger partial charge in [0.2, 0.25) is 5.88 Å². The molecule has 0 aliphatic carbocycles. The number of hydroxylamine groups is 2. The van der Waals surface area contributed by atoms with Crippen LogP contribution in [0, 0.1) is 11.3 Å².